The van der Waals surface area contributed by atoms with Crippen LogP contribution in [0.5, 0.6) is 0 Å². The molecule has 9 nitrogen and oxygen atoms in total. The molecule has 1 aromatic carbocycles. The summed E-state index contributed by atoms with van der Waals surface area (Å²) in [5.74, 6) is -0.556. The average Bonchev–Trinajstić information content (AvgIpc) is 2.77. The summed E-state index contributed by atoms with van der Waals surface area (Å²) in [4.78, 5) is 25.7. The van der Waals surface area contributed by atoms with Crippen LogP contribution in [-0.4, -0.2) is 53.6 Å². The van der Waals surface area contributed by atoms with Gasteiger partial charge in [0.1, 0.15) is 12.6 Å². The molecule has 130 valence electrons. The number of carbonyl (C=O) groups excluding carboxylic acids is 2. The summed E-state index contributed by atoms with van der Waals surface area (Å²) in [6.07, 6.45) is 0.693. The normalized spacial score (nSPS) is 23.5. The Bertz CT molecular complexity index is 737. The molecule has 2 saturated heterocycles. The van der Waals surface area contributed by atoms with E-state index >= 15 is 0 Å². The van der Waals surface area contributed by atoms with E-state index in [1.807, 2.05) is 30.3 Å². The van der Waals surface area contributed by atoms with Gasteiger partial charge in [0.2, 0.25) is 0 Å². The van der Waals surface area contributed by atoms with Gasteiger partial charge in [-0.2, -0.15) is 13.5 Å². The second-order valence-corrected chi connectivity index (χ2v) is 6.61. The Morgan fingerprint density at radius 2 is 1.96 bits per heavy atom. The summed E-state index contributed by atoms with van der Waals surface area (Å²) in [6.45, 7) is 0.228. The van der Waals surface area contributed by atoms with Crippen molar-refractivity contribution in [1.29, 1.82) is 0 Å². The third-order valence-electron chi connectivity index (χ3n) is 3.99. The Hall–Kier alpha value is -2.17. The number of ether oxygens (including phenoxy) is 1. The molecule has 0 aliphatic carbocycles. The molecule has 2 bridgehead atoms. The molecular formula is C14H16N2O7S. The van der Waals surface area contributed by atoms with E-state index in [1.54, 1.807) is 0 Å². The lowest BCUT2D eigenvalue weighted by Crippen LogP contribution is -2.45. The Kier molecular flexibility index (Phi) is 4.43. The summed E-state index contributed by atoms with van der Waals surface area (Å²) in [5.41, 5.74) is 0.823. The van der Waals surface area contributed by atoms with Crippen LogP contribution in [0.25, 0.3) is 0 Å². The van der Waals surface area contributed by atoms with Crippen LogP contribution in [0.2, 0.25) is 0 Å². The van der Waals surface area contributed by atoms with E-state index in [9.17, 15) is 18.0 Å². The van der Waals surface area contributed by atoms with Crippen molar-refractivity contribution in [2.45, 2.75) is 31.5 Å². The van der Waals surface area contributed by atoms with Gasteiger partial charge >= 0.3 is 22.4 Å². The number of nitrogens with zero attached hydrogens (tertiary/aromatic N) is 2. The highest BCUT2D eigenvalue weighted by atomic mass is 32.3. The number of esters is 1. The molecule has 2 aliphatic rings. The summed E-state index contributed by atoms with van der Waals surface area (Å²) in [5, 5.41) is 0.597. The number of hydrogen-bond donors (Lipinski definition) is 1. The molecule has 2 heterocycles. The number of urea groups is 1. The minimum atomic E-state index is -4.80. The predicted octanol–water partition coefficient (Wildman–Crippen LogP) is 0.733. The van der Waals surface area contributed by atoms with E-state index in [0.717, 1.165) is 5.56 Å². The second-order valence-electron chi connectivity index (χ2n) is 5.60. The van der Waals surface area contributed by atoms with E-state index in [2.05, 4.69) is 4.28 Å². The van der Waals surface area contributed by atoms with Crippen LogP contribution in [0.1, 0.15) is 18.4 Å². The number of hydrogen-bond acceptors (Lipinski definition) is 6. The van der Waals surface area contributed by atoms with Gasteiger partial charge in [-0.1, -0.05) is 30.3 Å². The maximum atomic E-state index is 12.3. The molecular weight excluding hydrogens is 340 g/mol. The number of fused-ring (bicyclic) bond motifs is 2. The Labute approximate surface area is 138 Å². The van der Waals surface area contributed by atoms with Crippen molar-refractivity contribution in [2.24, 2.45) is 0 Å². The molecule has 2 fully saturated rings. The topological polar surface area (TPSA) is 113 Å². The second kappa shape index (κ2) is 6.38. The van der Waals surface area contributed by atoms with Crippen molar-refractivity contribution in [3.8, 4) is 0 Å². The average molecular weight is 356 g/mol. The zero-order valence-corrected chi connectivity index (χ0v) is 13.4. The molecule has 0 aromatic heterocycles. The molecule has 2 amide bonds. The first-order chi connectivity index (χ1) is 11.3. The molecule has 10 heteroatoms. The predicted molar refractivity (Wildman–Crippen MR) is 79.6 cm³/mol. The molecule has 1 aromatic rings. The first-order valence-electron chi connectivity index (χ1n) is 7.32. The van der Waals surface area contributed by atoms with Gasteiger partial charge in [0.25, 0.3) is 0 Å². The van der Waals surface area contributed by atoms with Crippen LogP contribution in [0.15, 0.2) is 30.3 Å². The summed E-state index contributed by atoms with van der Waals surface area (Å²) < 4.78 is 39.9. The van der Waals surface area contributed by atoms with Crippen LogP contribution in [-0.2, 0) is 30.8 Å². The number of amides is 2. The van der Waals surface area contributed by atoms with Crippen molar-refractivity contribution in [3.05, 3.63) is 35.9 Å². The van der Waals surface area contributed by atoms with Gasteiger partial charge < -0.3 is 9.64 Å². The van der Waals surface area contributed by atoms with Crippen LogP contribution in [0, 0.1) is 0 Å². The lowest BCUT2D eigenvalue weighted by atomic mass is 10.0. The number of piperidine rings is 1. The Morgan fingerprint density at radius 3 is 2.62 bits per heavy atom. The fourth-order valence-electron chi connectivity index (χ4n) is 2.90. The first-order valence-corrected chi connectivity index (χ1v) is 8.69. The monoisotopic (exact) mass is 356 g/mol. The van der Waals surface area contributed by atoms with E-state index < -0.39 is 34.5 Å². The van der Waals surface area contributed by atoms with E-state index in [0.29, 0.717) is 17.9 Å². The van der Waals surface area contributed by atoms with Crippen molar-refractivity contribution >= 4 is 22.4 Å². The Morgan fingerprint density at radius 1 is 1.25 bits per heavy atom. The molecule has 2 atom stereocenters. The standard InChI is InChI=1S/C14H16N2O7S/c17-13(22-9-10-4-2-1-3-5-10)12-7-6-11-8-15(12)14(18)16(11)23-24(19,20)21/h1-5,11-12H,6-9H2,(H,19,20,21)/t11-,12+/m0/s1. The molecule has 0 spiro atoms. The van der Waals surface area contributed by atoms with Crippen molar-refractivity contribution < 1.29 is 31.6 Å². The third-order valence-corrected chi connectivity index (χ3v) is 4.34. The molecule has 0 saturated carbocycles. The molecule has 0 radical (unpaired) electrons. The van der Waals surface area contributed by atoms with E-state index in [1.165, 1.54) is 4.90 Å². The molecule has 2 aliphatic heterocycles. The van der Waals surface area contributed by atoms with Crippen LogP contribution in [0.4, 0.5) is 4.79 Å². The molecule has 0 unspecified atom stereocenters. The number of rotatable bonds is 5. The van der Waals surface area contributed by atoms with Crippen LogP contribution >= 0.6 is 0 Å². The van der Waals surface area contributed by atoms with Gasteiger partial charge in [0, 0.05) is 6.54 Å². The summed E-state index contributed by atoms with van der Waals surface area (Å²) in [7, 11) is -4.80. The quantitative estimate of drug-likeness (QED) is 0.611. The number of carbonyl (C=O) groups is 2. The smallest absolute Gasteiger partial charge is 0.418 e. The SMILES string of the molecule is O=C(OCc1ccccc1)[C@H]1CC[C@H]2CN1C(=O)N2OS(=O)(=O)O. The van der Waals surface area contributed by atoms with Gasteiger partial charge in [-0.3, -0.25) is 4.55 Å². The minimum Gasteiger partial charge on any atom is -0.459 e. The van der Waals surface area contributed by atoms with Gasteiger partial charge in [0.15, 0.2) is 0 Å². The third kappa shape index (κ3) is 3.50. The fourth-order valence-corrected chi connectivity index (χ4v) is 3.29. The van der Waals surface area contributed by atoms with Gasteiger partial charge in [-0.15, -0.1) is 4.28 Å². The highest BCUT2D eigenvalue weighted by molar-refractivity contribution is 7.80. The van der Waals surface area contributed by atoms with Crippen molar-refractivity contribution in [1.82, 2.24) is 9.96 Å². The van der Waals surface area contributed by atoms with Gasteiger partial charge in [0.05, 0.1) is 6.04 Å². The first kappa shape index (κ1) is 16.7. The number of benzene rings is 1. The lowest BCUT2D eigenvalue weighted by molar-refractivity contribution is -0.151. The molecule has 24 heavy (non-hydrogen) atoms. The van der Waals surface area contributed by atoms with Crippen molar-refractivity contribution in [2.75, 3.05) is 6.54 Å². The van der Waals surface area contributed by atoms with Crippen molar-refractivity contribution in [3.63, 3.8) is 0 Å². The maximum Gasteiger partial charge on any atom is 0.418 e. The van der Waals surface area contributed by atoms with Crippen LogP contribution in [0.3, 0.4) is 0 Å². The number of hydroxylamine groups is 2. The van der Waals surface area contributed by atoms with E-state index in [-0.39, 0.29) is 13.2 Å². The highest BCUT2D eigenvalue weighted by Gasteiger charge is 2.49. The summed E-state index contributed by atoms with van der Waals surface area (Å²) in [6, 6.07) is 7.01. The Balaban J connectivity index is 1.64. The van der Waals surface area contributed by atoms with Gasteiger partial charge in [-0.05, 0) is 18.4 Å². The fraction of sp³-hybridized carbons (Fsp3) is 0.429. The van der Waals surface area contributed by atoms with E-state index in [4.69, 9.17) is 9.29 Å². The zero-order valence-electron chi connectivity index (χ0n) is 12.6. The summed E-state index contributed by atoms with van der Waals surface area (Å²) >= 11 is 0. The largest absolute Gasteiger partial charge is 0.459 e. The lowest BCUT2D eigenvalue weighted by Gasteiger charge is -2.28. The highest BCUT2D eigenvalue weighted by Crippen LogP contribution is 2.31. The van der Waals surface area contributed by atoms with Crippen LogP contribution < -0.4 is 0 Å². The molecule has 3 rings (SSSR count). The molecule has 1 N–H and O–H groups in total. The zero-order chi connectivity index (χ0) is 17.3. The van der Waals surface area contributed by atoms with Gasteiger partial charge in [-0.25, -0.2) is 9.59 Å². The minimum absolute atomic E-state index is 0.0901. The maximum absolute atomic E-state index is 12.3.